The average molecular weight is 342 g/mol. The van der Waals surface area contributed by atoms with Gasteiger partial charge in [-0.3, -0.25) is 9.36 Å². The molecule has 1 fully saturated rings. The molecule has 0 aromatic carbocycles. The third kappa shape index (κ3) is 3.03. The summed E-state index contributed by atoms with van der Waals surface area (Å²) in [7, 11) is 1.88. The number of ketones is 1. The first-order valence-electron chi connectivity index (χ1n) is 7.95. The highest BCUT2D eigenvalue weighted by Gasteiger charge is 2.30. The Kier molecular flexibility index (Phi) is 4.02. The summed E-state index contributed by atoms with van der Waals surface area (Å²) in [5, 5.41) is 9.43. The van der Waals surface area contributed by atoms with E-state index in [-0.39, 0.29) is 5.78 Å². The van der Waals surface area contributed by atoms with Gasteiger partial charge in [-0.2, -0.15) is 0 Å². The largest absolute Gasteiger partial charge is 0.467 e. The molecule has 6 nitrogen and oxygen atoms in total. The number of thioether (sulfide) groups is 1. The molecule has 1 saturated carbocycles. The fraction of sp³-hybridized carbons (Fsp3) is 0.353. The van der Waals surface area contributed by atoms with Gasteiger partial charge in [0, 0.05) is 19.2 Å². The molecule has 0 radical (unpaired) electrons. The highest BCUT2D eigenvalue weighted by atomic mass is 32.2. The highest BCUT2D eigenvalue weighted by molar-refractivity contribution is 7.99. The number of aryl methyl sites for hydroxylation is 1. The van der Waals surface area contributed by atoms with Gasteiger partial charge in [0.1, 0.15) is 11.6 Å². The highest BCUT2D eigenvalue weighted by Crippen LogP contribution is 2.40. The van der Waals surface area contributed by atoms with E-state index in [9.17, 15) is 4.79 Å². The van der Waals surface area contributed by atoms with Crippen molar-refractivity contribution in [2.24, 2.45) is 7.05 Å². The Morgan fingerprint density at radius 2 is 2.21 bits per heavy atom. The maximum absolute atomic E-state index is 12.4. The molecule has 0 amide bonds. The number of hydrogen-bond donors (Lipinski definition) is 0. The first kappa shape index (κ1) is 15.3. The standard InChI is InChI=1S/C17H18N4O2S/c1-20-8-2-5-14(20)15(22)11-24-17-19-18-16(12-6-7-12)21(17)10-13-4-3-9-23-13/h2-5,8-9,12H,6-7,10-11H2,1H3. The van der Waals surface area contributed by atoms with Gasteiger partial charge in [0.2, 0.25) is 0 Å². The molecule has 3 heterocycles. The third-order valence-corrected chi connectivity index (χ3v) is 5.11. The Morgan fingerprint density at radius 3 is 2.88 bits per heavy atom. The minimum Gasteiger partial charge on any atom is -0.467 e. The molecule has 0 unspecified atom stereocenters. The van der Waals surface area contributed by atoms with Crippen LogP contribution in [0, 0.1) is 0 Å². The van der Waals surface area contributed by atoms with Gasteiger partial charge < -0.3 is 8.98 Å². The SMILES string of the molecule is Cn1cccc1C(=O)CSc1nnc(C2CC2)n1Cc1ccco1. The quantitative estimate of drug-likeness (QED) is 0.487. The average Bonchev–Trinajstić information content (AvgIpc) is 2.98. The maximum atomic E-state index is 12.4. The second-order valence-corrected chi connectivity index (χ2v) is 6.94. The van der Waals surface area contributed by atoms with Crippen LogP contribution in [-0.4, -0.2) is 30.9 Å². The predicted molar refractivity (Wildman–Crippen MR) is 90.3 cm³/mol. The van der Waals surface area contributed by atoms with Crippen molar-refractivity contribution >= 4 is 17.5 Å². The van der Waals surface area contributed by atoms with E-state index in [0.29, 0.717) is 23.9 Å². The van der Waals surface area contributed by atoms with Gasteiger partial charge >= 0.3 is 0 Å². The smallest absolute Gasteiger partial charge is 0.192 e. The maximum Gasteiger partial charge on any atom is 0.192 e. The minimum absolute atomic E-state index is 0.0908. The van der Waals surface area contributed by atoms with Crippen molar-refractivity contribution in [1.82, 2.24) is 19.3 Å². The third-order valence-electron chi connectivity index (χ3n) is 4.14. The van der Waals surface area contributed by atoms with Crippen LogP contribution in [0.15, 0.2) is 46.3 Å². The van der Waals surface area contributed by atoms with E-state index < -0.39 is 0 Å². The van der Waals surface area contributed by atoms with Crippen molar-refractivity contribution in [3.8, 4) is 0 Å². The Hall–Kier alpha value is -2.28. The van der Waals surface area contributed by atoms with Crippen LogP contribution in [-0.2, 0) is 13.6 Å². The zero-order valence-electron chi connectivity index (χ0n) is 13.4. The van der Waals surface area contributed by atoms with E-state index in [1.54, 1.807) is 6.26 Å². The van der Waals surface area contributed by atoms with Crippen LogP contribution in [0.3, 0.4) is 0 Å². The van der Waals surface area contributed by atoms with Gasteiger partial charge in [-0.05, 0) is 37.1 Å². The van der Waals surface area contributed by atoms with Crippen molar-refractivity contribution in [1.29, 1.82) is 0 Å². The van der Waals surface area contributed by atoms with Gasteiger partial charge in [0.15, 0.2) is 10.9 Å². The molecule has 0 spiro atoms. The number of aromatic nitrogens is 4. The predicted octanol–water partition coefficient (Wildman–Crippen LogP) is 3.11. The molecular formula is C17H18N4O2S. The van der Waals surface area contributed by atoms with Crippen LogP contribution in [0.1, 0.15) is 40.8 Å². The second kappa shape index (κ2) is 6.32. The van der Waals surface area contributed by atoms with Crippen molar-refractivity contribution in [3.63, 3.8) is 0 Å². The summed E-state index contributed by atoms with van der Waals surface area (Å²) in [4.78, 5) is 12.4. The monoisotopic (exact) mass is 342 g/mol. The van der Waals surface area contributed by atoms with Crippen molar-refractivity contribution in [2.45, 2.75) is 30.5 Å². The van der Waals surface area contributed by atoms with Gasteiger partial charge in [-0.1, -0.05) is 11.8 Å². The van der Waals surface area contributed by atoms with Crippen LogP contribution in [0.2, 0.25) is 0 Å². The van der Waals surface area contributed by atoms with E-state index >= 15 is 0 Å². The first-order chi connectivity index (χ1) is 11.7. The van der Waals surface area contributed by atoms with E-state index in [1.165, 1.54) is 11.8 Å². The lowest BCUT2D eigenvalue weighted by Crippen LogP contribution is -2.10. The molecule has 4 rings (SSSR count). The molecule has 1 aliphatic rings. The number of hydrogen-bond acceptors (Lipinski definition) is 5. The number of carbonyl (C=O) groups excluding carboxylic acids is 1. The van der Waals surface area contributed by atoms with E-state index in [4.69, 9.17) is 4.42 Å². The van der Waals surface area contributed by atoms with E-state index in [1.807, 2.05) is 42.1 Å². The summed E-state index contributed by atoms with van der Waals surface area (Å²) in [6, 6.07) is 7.54. The number of Topliss-reactive ketones (excluding diaryl/α,β-unsaturated/α-hetero) is 1. The Bertz CT molecular complexity index is 846. The zero-order valence-corrected chi connectivity index (χ0v) is 14.2. The topological polar surface area (TPSA) is 65.8 Å². The van der Waals surface area contributed by atoms with Crippen molar-refractivity contribution in [2.75, 3.05) is 5.75 Å². The van der Waals surface area contributed by atoms with E-state index in [2.05, 4.69) is 14.8 Å². The summed E-state index contributed by atoms with van der Waals surface area (Å²) in [5.41, 5.74) is 0.710. The van der Waals surface area contributed by atoms with Crippen LogP contribution >= 0.6 is 11.8 Å². The fourth-order valence-corrected chi connectivity index (χ4v) is 3.53. The number of nitrogens with zero attached hydrogens (tertiary/aromatic N) is 4. The van der Waals surface area contributed by atoms with Crippen LogP contribution < -0.4 is 0 Å². The molecular weight excluding hydrogens is 324 g/mol. The lowest BCUT2D eigenvalue weighted by molar-refractivity contribution is 0.101. The number of rotatable bonds is 7. The molecule has 0 aliphatic heterocycles. The molecule has 0 N–H and O–H groups in total. The van der Waals surface area contributed by atoms with Crippen LogP contribution in [0.5, 0.6) is 0 Å². The zero-order chi connectivity index (χ0) is 16.5. The van der Waals surface area contributed by atoms with E-state index in [0.717, 1.165) is 29.6 Å². The lowest BCUT2D eigenvalue weighted by Gasteiger charge is -2.08. The molecule has 124 valence electrons. The molecule has 7 heteroatoms. The van der Waals surface area contributed by atoms with Gasteiger partial charge in [0.05, 0.1) is 24.3 Å². The molecule has 3 aromatic heterocycles. The lowest BCUT2D eigenvalue weighted by atomic mass is 10.3. The summed E-state index contributed by atoms with van der Waals surface area (Å²) in [6.07, 6.45) is 5.86. The molecule has 1 aliphatic carbocycles. The Morgan fingerprint density at radius 1 is 1.33 bits per heavy atom. The van der Waals surface area contributed by atoms with Crippen molar-refractivity contribution in [3.05, 3.63) is 54.0 Å². The van der Waals surface area contributed by atoms with Crippen LogP contribution in [0.25, 0.3) is 0 Å². The Balaban J connectivity index is 1.52. The van der Waals surface area contributed by atoms with Gasteiger partial charge in [-0.25, -0.2) is 0 Å². The summed E-state index contributed by atoms with van der Waals surface area (Å²) in [6.45, 7) is 0.604. The summed E-state index contributed by atoms with van der Waals surface area (Å²) < 4.78 is 9.38. The molecule has 0 atom stereocenters. The Labute approximate surface area is 143 Å². The second-order valence-electron chi connectivity index (χ2n) is 6.00. The molecule has 24 heavy (non-hydrogen) atoms. The first-order valence-corrected chi connectivity index (χ1v) is 8.93. The minimum atomic E-state index is 0.0908. The number of furan rings is 1. The summed E-state index contributed by atoms with van der Waals surface area (Å²) in [5.74, 6) is 2.80. The fourth-order valence-electron chi connectivity index (χ4n) is 2.71. The summed E-state index contributed by atoms with van der Waals surface area (Å²) >= 11 is 1.43. The molecule has 3 aromatic rings. The molecule has 0 bridgehead atoms. The molecule has 0 saturated heterocycles. The van der Waals surface area contributed by atoms with Gasteiger partial charge in [0.25, 0.3) is 0 Å². The normalized spacial score (nSPS) is 14.2. The number of carbonyl (C=O) groups is 1. The van der Waals surface area contributed by atoms with Gasteiger partial charge in [-0.15, -0.1) is 10.2 Å². The van der Waals surface area contributed by atoms with Crippen LogP contribution in [0.4, 0.5) is 0 Å². The van der Waals surface area contributed by atoms with Crippen molar-refractivity contribution < 1.29 is 9.21 Å².